The Morgan fingerprint density at radius 1 is 1.36 bits per heavy atom. The smallest absolute Gasteiger partial charge is 0.287 e. The average Bonchev–Trinajstić information content (AvgIpc) is 3.10. The lowest BCUT2D eigenvalue weighted by Gasteiger charge is -2.32. The topological polar surface area (TPSA) is 79.0 Å². The molecule has 3 N–H and O–H groups in total. The predicted molar refractivity (Wildman–Crippen MR) is 82.3 cm³/mol. The van der Waals surface area contributed by atoms with Crippen LogP contribution in [0.15, 0.2) is 42.7 Å². The lowest BCUT2D eigenvalue weighted by molar-refractivity contribution is 0.00351. The minimum absolute atomic E-state index is 0.0115. The Kier molecular flexibility index (Phi) is 4.82. The molecule has 2 unspecified atom stereocenters. The average molecular weight is 300 g/mol. The van der Waals surface area contributed by atoms with Crippen LogP contribution in [0, 0.1) is 0 Å². The summed E-state index contributed by atoms with van der Waals surface area (Å²) in [6, 6.07) is 10.0. The van der Waals surface area contributed by atoms with Crippen molar-refractivity contribution in [3.05, 3.63) is 54.1 Å². The molecule has 2 atom stereocenters. The van der Waals surface area contributed by atoms with Gasteiger partial charge in [-0.2, -0.15) is 0 Å². The molecule has 22 heavy (non-hydrogen) atoms. The molecule has 116 valence electrons. The summed E-state index contributed by atoms with van der Waals surface area (Å²) < 4.78 is 5.99. The number of imidazole rings is 1. The highest BCUT2D eigenvalue weighted by Crippen LogP contribution is 2.12. The molecule has 1 saturated heterocycles. The van der Waals surface area contributed by atoms with E-state index < -0.39 is 0 Å². The predicted octanol–water partition coefficient (Wildman–Crippen LogP) is 1.09. The highest BCUT2D eigenvalue weighted by Gasteiger charge is 2.27. The van der Waals surface area contributed by atoms with Gasteiger partial charge < -0.3 is 20.4 Å². The zero-order valence-electron chi connectivity index (χ0n) is 12.3. The Bertz CT molecular complexity index is 585. The van der Waals surface area contributed by atoms with Gasteiger partial charge in [-0.25, -0.2) is 4.98 Å². The fraction of sp³-hybridized carbons (Fsp3) is 0.375. The first kappa shape index (κ1) is 14.7. The molecule has 6 heteroatoms. The number of nitrogens with one attached hydrogen (secondary N) is 3. The molecule has 0 bridgehead atoms. The van der Waals surface area contributed by atoms with E-state index in [2.05, 4.69) is 20.6 Å². The fourth-order valence-corrected chi connectivity index (χ4v) is 2.57. The standard InChI is InChI=1S/C16H20N4O2/c21-16(15-18-8-9-19-15)20-13-6-7-17-10-14(13)22-11-12-4-2-1-3-5-12/h1-5,8-9,13-14,17H,6-7,10-11H2,(H,18,19)(H,20,21). The van der Waals surface area contributed by atoms with Gasteiger partial charge in [-0.3, -0.25) is 4.79 Å². The third kappa shape index (κ3) is 3.72. The van der Waals surface area contributed by atoms with Gasteiger partial charge in [-0.1, -0.05) is 30.3 Å². The molecule has 1 aromatic carbocycles. The first-order valence-electron chi connectivity index (χ1n) is 7.49. The lowest BCUT2D eigenvalue weighted by Crippen LogP contribution is -2.53. The second-order valence-electron chi connectivity index (χ2n) is 5.35. The van der Waals surface area contributed by atoms with Crippen molar-refractivity contribution in [3.8, 4) is 0 Å². The summed E-state index contributed by atoms with van der Waals surface area (Å²) in [7, 11) is 0. The number of hydrogen-bond donors (Lipinski definition) is 3. The van der Waals surface area contributed by atoms with E-state index in [-0.39, 0.29) is 18.1 Å². The first-order valence-corrected chi connectivity index (χ1v) is 7.49. The highest BCUT2D eigenvalue weighted by molar-refractivity contribution is 5.90. The minimum Gasteiger partial charge on any atom is -0.370 e. The van der Waals surface area contributed by atoms with Crippen LogP contribution >= 0.6 is 0 Å². The van der Waals surface area contributed by atoms with Crippen LogP contribution in [0.3, 0.4) is 0 Å². The van der Waals surface area contributed by atoms with Crippen LogP contribution in [0.5, 0.6) is 0 Å². The van der Waals surface area contributed by atoms with Crippen LogP contribution in [0.4, 0.5) is 0 Å². The van der Waals surface area contributed by atoms with Crippen LogP contribution in [0.2, 0.25) is 0 Å². The molecular weight excluding hydrogens is 280 g/mol. The minimum atomic E-state index is -0.190. The maximum absolute atomic E-state index is 12.1. The molecule has 1 aliphatic rings. The van der Waals surface area contributed by atoms with Crippen LogP contribution < -0.4 is 10.6 Å². The number of aromatic nitrogens is 2. The third-order valence-corrected chi connectivity index (χ3v) is 3.76. The number of hydrogen-bond acceptors (Lipinski definition) is 4. The number of benzene rings is 1. The molecule has 0 saturated carbocycles. The first-order chi connectivity index (χ1) is 10.8. The second kappa shape index (κ2) is 7.20. The van der Waals surface area contributed by atoms with Crippen LogP contribution in [0.1, 0.15) is 22.6 Å². The van der Waals surface area contributed by atoms with Crippen molar-refractivity contribution in [1.29, 1.82) is 0 Å². The molecule has 0 radical (unpaired) electrons. The van der Waals surface area contributed by atoms with Crippen LogP contribution in [-0.4, -0.2) is 41.1 Å². The Morgan fingerprint density at radius 2 is 2.23 bits per heavy atom. The lowest BCUT2D eigenvalue weighted by atomic mass is 10.0. The van der Waals surface area contributed by atoms with E-state index >= 15 is 0 Å². The zero-order chi connectivity index (χ0) is 15.2. The molecule has 1 aliphatic heterocycles. The molecular formula is C16H20N4O2. The van der Waals surface area contributed by atoms with Gasteiger partial charge in [0.1, 0.15) is 0 Å². The van der Waals surface area contributed by atoms with Crippen molar-refractivity contribution in [1.82, 2.24) is 20.6 Å². The molecule has 2 heterocycles. The molecule has 0 aliphatic carbocycles. The van der Waals surface area contributed by atoms with Crippen molar-refractivity contribution in [2.45, 2.75) is 25.2 Å². The molecule has 1 aromatic heterocycles. The number of piperidine rings is 1. The van der Waals surface area contributed by atoms with Gasteiger partial charge in [-0.05, 0) is 18.5 Å². The monoisotopic (exact) mass is 300 g/mol. The van der Waals surface area contributed by atoms with Gasteiger partial charge in [0.15, 0.2) is 5.82 Å². The number of ether oxygens (including phenoxy) is 1. The van der Waals surface area contributed by atoms with Crippen molar-refractivity contribution < 1.29 is 9.53 Å². The van der Waals surface area contributed by atoms with Crippen molar-refractivity contribution >= 4 is 5.91 Å². The van der Waals surface area contributed by atoms with Crippen LogP contribution in [-0.2, 0) is 11.3 Å². The Labute approximate surface area is 129 Å². The van der Waals surface area contributed by atoms with Crippen molar-refractivity contribution in [2.75, 3.05) is 13.1 Å². The zero-order valence-corrected chi connectivity index (χ0v) is 12.3. The Balaban J connectivity index is 1.57. The summed E-state index contributed by atoms with van der Waals surface area (Å²) in [5.74, 6) is 0.144. The third-order valence-electron chi connectivity index (χ3n) is 3.76. The summed E-state index contributed by atoms with van der Waals surface area (Å²) >= 11 is 0. The maximum atomic E-state index is 12.1. The molecule has 3 rings (SSSR count). The molecule has 0 spiro atoms. The van der Waals surface area contributed by atoms with E-state index in [1.165, 1.54) is 0 Å². The quantitative estimate of drug-likeness (QED) is 0.772. The molecule has 2 aromatic rings. The van der Waals surface area contributed by atoms with Crippen molar-refractivity contribution in [2.24, 2.45) is 0 Å². The number of carbonyl (C=O) groups excluding carboxylic acids is 1. The van der Waals surface area contributed by atoms with Gasteiger partial charge in [0.05, 0.1) is 18.8 Å². The summed E-state index contributed by atoms with van der Waals surface area (Å²) in [5.41, 5.74) is 1.13. The second-order valence-corrected chi connectivity index (χ2v) is 5.35. The van der Waals surface area contributed by atoms with E-state index in [1.54, 1.807) is 12.4 Å². The summed E-state index contributed by atoms with van der Waals surface area (Å²) in [6.45, 7) is 2.14. The summed E-state index contributed by atoms with van der Waals surface area (Å²) in [4.78, 5) is 18.9. The number of amides is 1. The van der Waals surface area contributed by atoms with E-state index in [0.29, 0.717) is 12.4 Å². The summed E-state index contributed by atoms with van der Waals surface area (Å²) in [5, 5.41) is 6.32. The van der Waals surface area contributed by atoms with Crippen molar-refractivity contribution in [3.63, 3.8) is 0 Å². The van der Waals surface area contributed by atoms with E-state index in [1.807, 2.05) is 30.3 Å². The normalized spacial score (nSPS) is 21.5. The number of aromatic amines is 1. The maximum Gasteiger partial charge on any atom is 0.287 e. The van der Waals surface area contributed by atoms with Gasteiger partial charge in [-0.15, -0.1) is 0 Å². The van der Waals surface area contributed by atoms with Gasteiger partial charge in [0.25, 0.3) is 5.91 Å². The Hall–Kier alpha value is -2.18. The number of rotatable bonds is 5. The highest BCUT2D eigenvalue weighted by atomic mass is 16.5. The van der Waals surface area contributed by atoms with Gasteiger partial charge >= 0.3 is 0 Å². The van der Waals surface area contributed by atoms with Gasteiger partial charge in [0, 0.05) is 18.9 Å². The number of carbonyl (C=O) groups is 1. The SMILES string of the molecule is O=C(NC1CCNCC1OCc1ccccc1)c1ncc[nH]1. The Morgan fingerprint density at radius 3 is 3.00 bits per heavy atom. The van der Waals surface area contributed by atoms with Crippen LogP contribution in [0.25, 0.3) is 0 Å². The van der Waals surface area contributed by atoms with E-state index in [4.69, 9.17) is 4.74 Å². The molecule has 1 fully saturated rings. The van der Waals surface area contributed by atoms with E-state index in [0.717, 1.165) is 25.1 Å². The van der Waals surface area contributed by atoms with Gasteiger partial charge in [0.2, 0.25) is 0 Å². The molecule has 6 nitrogen and oxygen atoms in total. The fourth-order valence-electron chi connectivity index (χ4n) is 2.57. The summed E-state index contributed by atoms with van der Waals surface area (Å²) in [6.07, 6.45) is 4.00. The number of nitrogens with zero attached hydrogens (tertiary/aromatic N) is 1. The van der Waals surface area contributed by atoms with E-state index in [9.17, 15) is 4.79 Å². The molecule has 1 amide bonds. The largest absolute Gasteiger partial charge is 0.370 e. The number of H-pyrrole nitrogens is 1.